The maximum absolute atomic E-state index is 12.3. The lowest BCUT2D eigenvalue weighted by molar-refractivity contribution is -0.137. The van der Waals surface area contributed by atoms with Gasteiger partial charge in [-0.15, -0.1) is 11.3 Å². The van der Waals surface area contributed by atoms with Crippen LogP contribution in [0.2, 0.25) is 0 Å². The molecule has 0 aliphatic carbocycles. The van der Waals surface area contributed by atoms with Crippen molar-refractivity contribution in [2.45, 2.75) is 27.0 Å². The zero-order valence-corrected chi connectivity index (χ0v) is 18.2. The normalized spacial score (nSPS) is 12.7. The Labute approximate surface area is 175 Å². The largest absolute Gasteiger partial charge is 0.469 e. The molecule has 150 valence electrons. The number of thiophene rings is 1. The van der Waals surface area contributed by atoms with E-state index in [-0.39, 0.29) is 25.0 Å². The number of esters is 1. The lowest BCUT2D eigenvalue weighted by atomic mass is 10.2. The van der Waals surface area contributed by atoms with Crippen molar-refractivity contribution >= 4 is 50.2 Å². The highest BCUT2D eigenvalue weighted by Gasteiger charge is 2.27. The first kappa shape index (κ1) is 21.9. The van der Waals surface area contributed by atoms with Gasteiger partial charge in [0.05, 0.1) is 13.7 Å². The average Bonchev–Trinajstić information content (AvgIpc) is 2.83. The second-order valence-electron chi connectivity index (χ2n) is 5.92. The molecule has 0 fully saturated rings. The van der Waals surface area contributed by atoms with Gasteiger partial charge in [-0.1, -0.05) is 30.3 Å². The molecule has 1 aliphatic heterocycles. The number of ether oxygens (including phenoxy) is 2. The standard InChI is InChI=1S/C16H15BrN2O3S.C3H6O2/c1-10-14(17)12-7-19(8-13(20)18-15(12)23-10)16(21)22-9-11-5-3-2-4-6-11;1-3(4)5-2/h2-6H,7-9H2,1H3,(H,18,20);1-2H3. The van der Waals surface area contributed by atoms with Crippen LogP contribution in [-0.4, -0.2) is 36.5 Å². The van der Waals surface area contributed by atoms with Crippen molar-refractivity contribution in [2.75, 3.05) is 19.0 Å². The first-order chi connectivity index (χ1) is 13.3. The first-order valence-electron chi connectivity index (χ1n) is 8.39. The molecule has 0 unspecified atom stereocenters. The minimum atomic E-state index is -0.493. The number of halogens is 1. The Hall–Kier alpha value is -2.39. The maximum atomic E-state index is 12.3. The smallest absolute Gasteiger partial charge is 0.410 e. The van der Waals surface area contributed by atoms with Gasteiger partial charge in [-0.25, -0.2) is 4.79 Å². The van der Waals surface area contributed by atoms with Gasteiger partial charge in [-0.05, 0) is 28.4 Å². The van der Waals surface area contributed by atoms with E-state index in [9.17, 15) is 14.4 Å². The Bertz CT molecular complexity index is 854. The zero-order valence-electron chi connectivity index (χ0n) is 15.8. The highest BCUT2D eigenvalue weighted by atomic mass is 79.9. The molecule has 28 heavy (non-hydrogen) atoms. The number of nitrogens with one attached hydrogen (secondary N) is 1. The molecule has 2 aromatic rings. The molecule has 3 rings (SSSR count). The summed E-state index contributed by atoms with van der Waals surface area (Å²) in [5.41, 5.74) is 1.82. The van der Waals surface area contributed by atoms with Crippen LogP contribution in [0.1, 0.15) is 22.9 Å². The third kappa shape index (κ3) is 6.07. The van der Waals surface area contributed by atoms with Gasteiger partial charge in [-0.3, -0.25) is 14.5 Å². The fourth-order valence-corrected chi connectivity index (χ4v) is 4.01. The summed E-state index contributed by atoms with van der Waals surface area (Å²) in [5.74, 6) is -0.459. The van der Waals surface area contributed by atoms with E-state index >= 15 is 0 Å². The number of fused-ring (bicyclic) bond motifs is 1. The fourth-order valence-electron chi connectivity index (χ4n) is 2.34. The van der Waals surface area contributed by atoms with Crippen molar-refractivity contribution in [3.05, 3.63) is 50.8 Å². The van der Waals surface area contributed by atoms with Gasteiger partial charge in [0.2, 0.25) is 5.91 Å². The van der Waals surface area contributed by atoms with Crippen molar-refractivity contribution in [3.8, 4) is 0 Å². The Morgan fingerprint density at radius 1 is 1.25 bits per heavy atom. The summed E-state index contributed by atoms with van der Waals surface area (Å²) in [5, 5.41) is 3.63. The number of nitrogens with zero attached hydrogens (tertiary/aromatic N) is 1. The number of methoxy groups -OCH3 is 1. The Kier molecular flexibility index (Phi) is 8.01. The molecule has 0 spiro atoms. The monoisotopic (exact) mass is 468 g/mol. The fraction of sp³-hybridized carbons (Fsp3) is 0.316. The van der Waals surface area contributed by atoms with E-state index in [2.05, 4.69) is 26.0 Å². The third-order valence-electron chi connectivity index (χ3n) is 3.79. The molecule has 0 saturated heterocycles. The number of aryl methyl sites for hydroxylation is 1. The number of carbonyl (C=O) groups excluding carboxylic acids is 3. The maximum Gasteiger partial charge on any atom is 0.410 e. The summed E-state index contributed by atoms with van der Waals surface area (Å²) in [4.78, 5) is 36.4. The summed E-state index contributed by atoms with van der Waals surface area (Å²) in [7, 11) is 1.35. The van der Waals surface area contributed by atoms with Gasteiger partial charge in [0, 0.05) is 21.8 Å². The van der Waals surface area contributed by atoms with Crippen molar-refractivity contribution in [3.63, 3.8) is 0 Å². The van der Waals surface area contributed by atoms with E-state index in [1.807, 2.05) is 37.3 Å². The van der Waals surface area contributed by atoms with Gasteiger partial charge in [-0.2, -0.15) is 0 Å². The summed E-state index contributed by atoms with van der Waals surface area (Å²) in [6.07, 6.45) is -0.493. The quantitative estimate of drug-likeness (QED) is 0.670. The zero-order chi connectivity index (χ0) is 20.7. The van der Waals surface area contributed by atoms with Crippen molar-refractivity contribution in [1.29, 1.82) is 0 Å². The van der Waals surface area contributed by atoms with Gasteiger partial charge in [0.1, 0.15) is 18.2 Å². The van der Waals surface area contributed by atoms with E-state index in [1.165, 1.54) is 30.3 Å². The van der Waals surface area contributed by atoms with Gasteiger partial charge in [0.15, 0.2) is 0 Å². The molecule has 1 aliphatic rings. The number of benzene rings is 1. The van der Waals surface area contributed by atoms with E-state index in [4.69, 9.17) is 4.74 Å². The number of hydrogen-bond acceptors (Lipinski definition) is 6. The summed E-state index contributed by atoms with van der Waals surface area (Å²) in [6.45, 7) is 3.84. The molecule has 0 saturated carbocycles. The number of anilines is 1. The van der Waals surface area contributed by atoms with E-state index < -0.39 is 6.09 Å². The Morgan fingerprint density at radius 2 is 1.89 bits per heavy atom. The molecular formula is C19H21BrN2O5S. The summed E-state index contributed by atoms with van der Waals surface area (Å²) in [6, 6.07) is 9.46. The predicted octanol–water partition coefficient (Wildman–Crippen LogP) is 4.09. The SMILES string of the molecule is COC(C)=O.Cc1sc2c(c1Br)CN(C(=O)OCc1ccccc1)CC(=O)N2. The van der Waals surface area contributed by atoms with Crippen LogP contribution in [0.25, 0.3) is 0 Å². The lowest BCUT2D eigenvalue weighted by Gasteiger charge is -2.19. The highest BCUT2D eigenvalue weighted by molar-refractivity contribution is 9.10. The Morgan fingerprint density at radius 3 is 2.50 bits per heavy atom. The molecule has 0 radical (unpaired) electrons. The van der Waals surface area contributed by atoms with Gasteiger partial charge in [0.25, 0.3) is 0 Å². The van der Waals surface area contributed by atoms with Crippen molar-refractivity contribution in [1.82, 2.24) is 4.90 Å². The van der Waals surface area contributed by atoms with E-state index in [0.29, 0.717) is 6.54 Å². The molecule has 1 aromatic carbocycles. The van der Waals surface area contributed by atoms with Gasteiger partial charge < -0.3 is 14.8 Å². The minimum absolute atomic E-state index is 0.0134. The summed E-state index contributed by atoms with van der Waals surface area (Å²) >= 11 is 5.02. The predicted molar refractivity (Wildman–Crippen MR) is 110 cm³/mol. The first-order valence-corrected chi connectivity index (χ1v) is 10.0. The van der Waals surface area contributed by atoms with Crippen LogP contribution < -0.4 is 5.32 Å². The van der Waals surface area contributed by atoms with Crippen molar-refractivity contribution in [2.24, 2.45) is 0 Å². The number of rotatable bonds is 2. The Balaban J connectivity index is 0.000000500. The minimum Gasteiger partial charge on any atom is -0.469 e. The van der Waals surface area contributed by atoms with Crippen LogP contribution in [0.4, 0.5) is 9.80 Å². The molecule has 1 aromatic heterocycles. The molecule has 7 nitrogen and oxygen atoms in total. The topological polar surface area (TPSA) is 84.9 Å². The second kappa shape index (κ2) is 10.2. The summed E-state index contributed by atoms with van der Waals surface area (Å²) < 4.78 is 10.4. The average molecular weight is 469 g/mol. The van der Waals surface area contributed by atoms with Crippen LogP contribution in [0.15, 0.2) is 34.8 Å². The van der Waals surface area contributed by atoms with Crippen LogP contribution in [0.3, 0.4) is 0 Å². The number of hydrogen-bond donors (Lipinski definition) is 1. The molecule has 1 N–H and O–H groups in total. The van der Waals surface area contributed by atoms with Crippen LogP contribution in [0, 0.1) is 6.92 Å². The van der Waals surface area contributed by atoms with Crippen LogP contribution in [-0.2, 0) is 32.2 Å². The van der Waals surface area contributed by atoms with E-state index in [0.717, 1.165) is 25.5 Å². The second-order valence-corrected chi connectivity index (χ2v) is 7.94. The van der Waals surface area contributed by atoms with Crippen molar-refractivity contribution < 1.29 is 23.9 Å². The third-order valence-corrected chi connectivity index (χ3v) is 6.19. The molecule has 9 heteroatoms. The molecule has 2 amide bonds. The van der Waals surface area contributed by atoms with Crippen LogP contribution >= 0.6 is 27.3 Å². The number of carbonyl (C=O) groups is 3. The number of amides is 2. The van der Waals surface area contributed by atoms with Gasteiger partial charge >= 0.3 is 12.1 Å². The highest BCUT2D eigenvalue weighted by Crippen LogP contribution is 2.38. The van der Waals surface area contributed by atoms with E-state index in [1.54, 1.807) is 0 Å². The molecule has 2 heterocycles. The molecular weight excluding hydrogens is 448 g/mol. The molecule has 0 atom stereocenters. The molecule has 0 bridgehead atoms. The van der Waals surface area contributed by atoms with Crippen LogP contribution in [0.5, 0.6) is 0 Å². The lowest BCUT2D eigenvalue weighted by Crippen LogP contribution is -2.35.